The molecule has 32 heavy (non-hydrogen) atoms. The molecule has 0 unspecified atom stereocenters. The predicted molar refractivity (Wildman–Crippen MR) is 114 cm³/mol. The van der Waals surface area contributed by atoms with E-state index in [1.165, 1.54) is 0 Å². The number of ether oxygens (including phenoxy) is 3. The zero-order valence-electron chi connectivity index (χ0n) is 17.4. The van der Waals surface area contributed by atoms with Crippen molar-refractivity contribution in [2.24, 2.45) is 0 Å². The van der Waals surface area contributed by atoms with Crippen LogP contribution in [0.5, 0.6) is 0 Å². The van der Waals surface area contributed by atoms with Crippen LogP contribution in [0.1, 0.15) is 16.8 Å². The highest BCUT2D eigenvalue weighted by atomic mass is 16.6. The molecular formula is C24H23N3O5. The van der Waals surface area contributed by atoms with Crippen molar-refractivity contribution >= 4 is 5.97 Å². The summed E-state index contributed by atoms with van der Waals surface area (Å²) in [6.45, 7) is 0.779. The smallest absolute Gasteiger partial charge is 0.383 e. The van der Waals surface area contributed by atoms with Gasteiger partial charge < -0.3 is 19.3 Å². The Bertz CT molecular complexity index is 1110. The minimum Gasteiger partial charge on any atom is -0.481 e. The highest BCUT2D eigenvalue weighted by Crippen LogP contribution is 2.30. The first-order valence-corrected chi connectivity index (χ1v) is 10.2. The van der Waals surface area contributed by atoms with E-state index >= 15 is 0 Å². The average molecular weight is 433 g/mol. The van der Waals surface area contributed by atoms with E-state index < -0.39 is 5.97 Å². The Morgan fingerprint density at radius 2 is 1.56 bits per heavy atom. The van der Waals surface area contributed by atoms with Crippen molar-refractivity contribution in [2.45, 2.75) is 26.2 Å². The molecule has 3 aromatic rings. The molecule has 4 rings (SSSR count). The highest BCUT2D eigenvalue weighted by molar-refractivity contribution is 5.91. The fourth-order valence-electron chi connectivity index (χ4n) is 3.09. The van der Waals surface area contributed by atoms with Crippen molar-refractivity contribution in [1.29, 1.82) is 0 Å². The molecule has 2 aromatic carbocycles. The van der Waals surface area contributed by atoms with Crippen molar-refractivity contribution in [2.75, 3.05) is 6.61 Å². The summed E-state index contributed by atoms with van der Waals surface area (Å²) in [4.78, 5) is 12.5. The number of aliphatic hydroxyl groups is 1. The number of aliphatic hydroxyl groups excluding tert-OH is 1. The van der Waals surface area contributed by atoms with E-state index in [2.05, 4.69) is 10.3 Å². The number of carbonyl (C=O) groups excluding carboxylic acids is 1. The highest BCUT2D eigenvalue weighted by Gasteiger charge is 2.34. The third kappa shape index (κ3) is 5.41. The third-order valence-electron chi connectivity index (χ3n) is 4.69. The molecule has 0 atom stereocenters. The molecule has 8 nitrogen and oxygen atoms in total. The molecule has 0 radical (unpaired) electrons. The first-order valence-electron chi connectivity index (χ1n) is 10.2. The summed E-state index contributed by atoms with van der Waals surface area (Å²) < 4.78 is 18.8. The Morgan fingerprint density at radius 1 is 0.938 bits per heavy atom. The van der Waals surface area contributed by atoms with E-state index in [4.69, 9.17) is 19.3 Å². The van der Waals surface area contributed by atoms with Crippen LogP contribution in [0.25, 0.3) is 0 Å². The summed E-state index contributed by atoms with van der Waals surface area (Å²) in [6, 6.07) is 19.2. The van der Waals surface area contributed by atoms with Gasteiger partial charge in [0.05, 0.1) is 12.2 Å². The fraction of sp³-hybridized carbons (Fsp3) is 0.208. The SMILES string of the molecule is O=C1O/C(=C\Cn2cc(CCO)nn2)C(OCc2ccccc2)=C1OCc1ccccc1. The summed E-state index contributed by atoms with van der Waals surface area (Å²) in [5, 5.41) is 17.0. The van der Waals surface area contributed by atoms with Crippen LogP contribution in [0.15, 0.2) is 90.2 Å². The predicted octanol–water partition coefficient (Wildman–Crippen LogP) is 2.90. The Hall–Kier alpha value is -3.91. The van der Waals surface area contributed by atoms with Crippen molar-refractivity contribution in [3.8, 4) is 0 Å². The number of esters is 1. The molecule has 0 fully saturated rings. The van der Waals surface area contributed by atoms with Crippen LogP contribution in [0.3, 0.4) is 0 Å². The van der Waals surface area contributed by atoms with E-state index in [-0.39, 0.29) is 37.1 Å². The maximum Gasteiger partial charge on any atom is 0.383 e. The zero-order chi connectivity index (χ0) is 22.2. The second-order valence-corrected chi connectivity index (χ2v) is 7.07. The first kappa shape index (κ1) is 21.3. The standard InChI is InChI=1S/C24H23N3O5/c28-14-12-20-15-27(26-25-20)13-11-21-22(30-16-18-7-3-1-4-8-18)23(24(29)32-21)31-17-19-9-5-2-6-10-19/h1-11,15,28H,12-14,16-17H2/b21-11-. The van der Waals surface area contributed by atoms with Gasteiger partial charge in [-0.2, -0.15) is 0 Å². The lowest BCUT2D eigenvalue weighted by Crippen LogP contribution is -2.04. The van der Waals surface area contributed by atoms with Crippen LogP contribution in [0, 0.1) is 0 Å². The summed E-state index contributed by atoms with van der Waals surface area (Å²) in [6.07, 6.45) is 3.84. The van der Waals surface area contributed by atoms with E-state index in [1.54, 1.807) is 17.0 Å². The van der Waals surface area contributed by atoms with Crippen LogP contribution in [-0.4, -0.2) is 32.7 Å². The largest absolute Gasteiger partial charge is 0.481 e. The van der Waals surface area contributed by atoms with Gasteiger partial charge in [-0.15, -0.1) is 5.10 Å². The second kappa shape index (κ2) is 10.4. The van der Waals surface area contributed by atoms with Gasteiger partial charge in [0.25, 0.3) is 5.76 Å². The fourth-order valence-corrected chi connectivity index (χ4v) is 3.09. The molecule has 1 aromatic heterocycles. The van der Waals surface area contributed by atoms with Crippen LogP contribution < -0.4 is 0 Å². The third-order valence-corrected chi connectivity index (χ3v) is 4.69. The number of rotatable bonds is 10. The van der Waals surface area contributed by atoms with Gasteiger partial charge in [0, 0.05) is 19.2 Å². The molecule has 0 aliphatic carbocycles. The van der Waals surface area contributed by atoms with E-state index in [9.17, 15) is 4.79 Å². The number of hydrogen-bond acceptors (Lipinski definition) is 7. The molecule has 2 heterocycles. The van der Waals surface area contributed by atoms with Gasteiger partial charge in [0.1, 0.15) is 13.2 Å². The van der Waals surface area contributed by atoms with Crippen molar-refractivity contribution in [1.82, 2.24) is 15.0 Å². The van der Waals surface area contributed by atoms with Crippen molar-refractivity contribution in [3.05, 3.63) is 107 Å². The van der Waals surface area contributed by atoms with E-state index in [0.717, 1.165) is 11.1 Å². The normalized spacial score (nSPS) is 14.7. The van der Waals surface area contributed by atoms with Gasteiger partial charge >= 0.3 is 5.97 Å². The molecule has 1 aliphatic heterocycles. The van der Waals surface area contributed by atoms with Crippen molar-refractivity contribution in [3.63, 3.8) is 0 Å². The molecule has 0 saturated carbocycles. The maximum atomic E-state index is 12.5. The van der Waals surface area contributed by atoms with Gasteiger partial charge in [0.2, 0.25) is 5.76 Å². The summed E-state index contributed by atoms with van der Waals surface area (Å²) in [5.41, 5.74) is 2.55. The first-order chi connectivity index (χ1) is 15.7. The molecule has 0 saturated heterocycles. The minimum atomic E-state index is -0.602. The van der Waals surface area contributed by atoms with E-state index in [0.29, 0.717) is 18.7 Å². The average Bonchev–Trinajstić information content (AvgIpc) is 3.40. The van der Waals surface area contributed by atoms with Gasteiger partial charge in [-0.3, -0.25) is 0 Å². The summed E-state index contributed by atoms with van der Waals surface area (Å²) >= 11 is 0. The molecule has 8 heteroatoms. The number of allylic oxidation sites excluding steroid dienone is 1. The van der Waals surface area contributed by atoms with Gasteiger partial charge in [-0.25, -0.2) is 9.48 Å². The molecule has 0 spiro atoms. The molecule has 0 bridgehead atoms. The summed E-state index contributed by atoms with van der Waals surface area (Å²) in [5.74, 6) is -0.0379. The molecule has 1 N–H and O–H groups in total. The number of nitrogens with zero attached hydrogens (tertiary/aromatic N) is 3. The summed E-state index contributed by atoms with van der Waals surface area (Å²) in [7, 11) is 0. The Kier molecular flexibility index (Phi) is 6.94. The van der Waals surface area contributed by atoms with Crippen molar-refractivity contribution < 1.29 is 24.1 Å². The minimum absolute atomic E-state index is 0.000277. The van der Waals surface area contributed by atoms with Gasteiger partial charge in [-0.1, -0.05) is 65.9 Å². The number of benzene rings is 2. The Labute approximate surface area is 185 Å². The number of carbonyl (C=O) groups is 1. The number of aromatic nitrogens is 3. The molecule has 164 valence electrons. The van der Waals surface area contributed by atoms with Gasteiger partial charge in [0.15, 0.2) is 5.76 Å². The quantitative estimate of drug-likeness (QED) is 0.491. The lowest BCUT2D eigenvalue weighted by atomic mass is 10.2. The molecular weight excluding hydrogens is 410 g/mol. The van der Waals surface area contributed by atoms with Crippen LogP contribution in [0.4, 0.5) is 0 Å². The van der Waals surface area contributed by atoms with Gasteiger partial charge in [-0.05, 0) is 17.2 Å². The molecule has 1 aliphatic rings. The lowest BCUT2D eigenvalue weighted by Gasteiger charge is -2.10. The van der Waals surface area contributed by atoms with Crippen LogP contribution in [0.2, 0.25) is 0 Å². The van der Waals surface area contributed by atoms with Crippen LogP contribution >= 0.6 is 0 Å². The number of cyclic esters (lactones) is 1. The number of hydrogen-bond donors (Lipinski definition) is 1. The van der Waals surface area contributed by atoms with E-state index in [1.807, 2.05) is 60.7 Å². The monoisotopic (exact) mass is 433 g/mol. The Balaban J connectivity index is 1.54. The zero-order valence-corrected chi connectivity index (χ0v) is 17.4. The topological polar surface area (TPSA) is 95.7 Å². The maximum absolute atomic E-state index is 12.5. The second-order valence-electron chi connectivity index (χ2n) is 7.07. The Morgan fingerprint density at radius 3 is 2.19 bits per heavy atom. The molecule has 0 amide bonds. The van der Waals surface area contributed by atoms with Crippen LogP contribution in [-0.2, 0) is 45.2 Å². The lowest BCUT2D eigenvalue weighted by molar-refractivity contribution is -0.136.